The molecule has 1 nitrogen and oxygen atoms in total. The van der Waals surface area contributed by atoms with Gasteiger partial charge >= 0.3 is 0 Å². The molecule has 0 aliphatic rings. The Morgan fingerprint density at radius 1 is 0.889 bits per heavy atom. The van der Waals surface area contributed by atoms with Gasteiger partial charge in [0.05, 0.1) is 11.6 Å². The Labute approximate surface area is 112 Å². The lowest BCUT2D eigenvalue weighted by Crippen LogP contribution is -1.91. The van der Waals surface area contributed by atoms with E-state index in [1.54, 1.807) is 11.8 Å². The van der Waals surface area contributed by atoms with Gasteiger partial charge in [-0.25, -0.2) is 0 Å². The van der Waals surface area contributed by atoms with E-state index in [4.69, 9.17) is 5.26 Å². The maximum absolute atomic E-state index is 8.73. The summed E-state index contributed by atoms with van der Waals surface area (Å²) in [7, 11) is 0. The Balaban J connectivity index is 1.95. The maximum Gasteiger partial charge on any atom is 0.0991 e. The van der Waals surface area contributed by atoms with Crippen molar-refractivity contribution in [3.05, 3.63) is 65.2 Å². The molecule has 0 bridgehead atoms. The van der Waals surface area contributed by atoms with Gasteiger partial charge in [0.1, 0.15) is 0 Å². The zero-order chi connectivity index (χ0) is 12.8. The molecule has 0 aromatic heterocycles. The number of nitrogens with zero attached hydrogens (tertiary/aromatic N) is 1. The molecule has 2 heteroatoms. The first-order valence-corrected chi connectivity index (χ1v) is 7.16. The quantitative estimate of drug-likeness (QED) is 0.767. The highest BCUT2D eigenvalue weighted by atomic mass is 32.2. The summed E-state index contributed by atoms with van der Waals surface area (Å²) in [6, 6.07) is 18.7. The number of hydrogen-bond donors (Lipinski definition) is 0. The van der Waals surface area contributed by atoms with E-state index in [2.05, 4.69) is 36.6 Å². The summed E-state index contributed by atoms with van der Waals surface area (Å²) in [5.41, 5.74) is 3.36. The summed E-state index contributed by atoms with van der Waals surface area (Å²) in [5, 5.41) is 8.73. The Hall–Kier alpha value is -1.72. The monoisotopic (exact) mass is 253 g/mol. The molecule has 0 heterocycles. The number of benzene rings is 2. The molecule has 0 amide bonds. The van der Waals surface area contributed by atoms with Gasteiger partial charge < -0.3 is 0 Å². The number of thioether (sulfide) groups is 1. The Bertz CT molecular complexity index is 535. The van der Waals surface area contributed by atoms with Gasteiger partial charge in [0, 0.05) is 4.90 Å². The predicted molar refractivity (Wildman–Crippen MR) is 76.8 cm³/mol. The highest BCUT2D eigenvalue weighted by Gasteiger charge is 1.97. The lowest BCUT2D eigenvalue weighted by atomic mass is 10.0. The average Bonchev–Trinajstić information content (AvgIpc) is 2.46. The van der Waals surface area contributed by atoms with Crippen LogP contribution in [0.1, 0.15) is 16.7 Å². The minimum absolute atomic E-state index is 0.725. The molecular weight excluding hydrogens is 238 g/mol. The van der Waals surface area contributed by atoms with Crippen molar-refractivity contribution in [1.29, 1.82) is 5.26 Å². The van der Waals surface area contributed by atoms with Crippen molar-refractivity contribution >= 4 is 11.8 Å². The van der Waals surface area contributed by atoms with E-state index >= 15 is 0 Å². The van der Waals surface area contributed by atoms with Crippen LogP contribution in [0, 0.1) is 11.3 Å². The minimum Gasteiger partial charge on any atom is -0.192 e. The summed E-state index contributed by atoms with van der Waals surface area (Å²) in [6.07, 6.45) is 4.15. The third-order valence-electron chi connectivity index (χ3n) is 2.94. The topological polar surface area (TPSA) is 23.8 Å². The Morgan fingerprint density at radius 3 is 1.83 bits per heavy atom. The molecule has 2 rings (SSSR count). The van der Waals surface area contributed by atoms with Crippen LogP contribution in [0.25, 0.3) is 0 Å². The molecular formula is C16H15NS. The minimum atomic E-state index is 0.725. The summed E-state index contributed by atoms with van der Waals surface area (Å²) >= 11 is 1.77. The van der Waals surface area contributed by atoms with Crippen molar-refractivity contribution in [2.24, 2.45) is 0 Å². The van der Waals surface area contributed by atoms with E-state index < -0.39 is 0 Å². The van der Waals surface area contributed by atoms with Gasteiger partial charge in [-0.3, -0.25) is 0 Å². The molecule has 18 heavy (non-hydrogen) atoms. The fourth-order valence-corrected chi connectivity index (χ4v) is 2.24. The smallest absolute Gasteiger partial charge is 0.0991 e. The molecule has 0 unspecified atom stereocenters. The molecule has 0 aliphatic heterocycles. The van der Waals surface area contributed by atoms with Crippen molar-refractivity contribution in [3.63, 3.8) is 0 Å². The van der Waals surface area contributed by atoms with Crippen LogP contribution < -0.4 is 0 Å². The van der Waals surface area contributed by atoms with Gasteiger partial charge in [-0.15, -0.1) is 11.8 Å². The standard InChI is InChI=1S/C16H15NS/c1-18-16-10-8-14(9-11-16)3-2-13-4-6-15(12-17)7-5-13/h4-11H,2-3H2,1H3. The lowest BCUT2D eigenvalue weighted by Gasteiger charge is -2.03. The first-order valence-electron chi connectivity index (χ1n) is 5.94. The van der Waals surface area contributed by atoms with Crippen molar-refractivity contribution in [1.82, 2.24) is 0 Å². The zero-order valence-corrected chi connectivity index (χ0v) is 11.2. The van der Waals surface area contributed by atoms with Crippen molar-refractivity contribution in [2.45, 2.75) is 17.7 Å². The van der Waals surface area contributed by atoms with E-state index in [1.807, 2.05) is 24.3 Å². The van der Waals surface area contributed by atoms with Crippen LogP contribution in [0.2, 0.25) is 0 Å². The first-order chi connectivity index (χ1) is 8.81. The highest BCUT2D eigenvalue weighted by Crippen LogP contribution is 2.16. The van der Waals surface area contributed by atoms with Gasteiger partial charge in [0.25, 0.3) is 0 Å². The first kappa shape index (κ1) is 12.7. The number of aryl methyl sites for hydroxylation is 2. The molecule has 90 valence electrons. The average molecular weight is 253 g/mol. The molecule has 2 aromatic carbocycles. The molecule has 0 spiro atoms. The van der Waals surface area contributed by atoms with Crippen LogP contribution in [-0.4, -0.2) is 6.26 Å². The summed E-state index contributed by atoms with van der Waals surface area (Å²) in [5.74, 6) is 0. The van der Waals surface area contributed by atoms with Gasteiger partial charge in [-0.05, 0) is 54.5 Å². The normalized spacial score (nSPS) is 10.0. The third kappa shape index (κ3) is 3.38. The van der Waals surface area contributed by atoms with Crippen LogP contribution in [0.15, 0.2) is 53.4 Å². The largest absolute Gasteiger partial charge is 0.192 e. The van der Waals surface area contributed by atoms with E-state index in [9.17, 15) is 0 Å². The number of nitriles is 1. The maximum atomic E-state index is 8.73. The second kappa shape index (κ2) is 6.28. The summed E-state index contributed by atoms with van der Waals surface area (Å²) in [4.78, 5) is 1.30. The molecule has 2 aromatic rings. The van der Waals surface area contributed by atoms with E-state index in [1.165, 1.54) is 16.0 Å². The van der Waals surface area contributed by atoms with Gasteiger partial charge in [0.2, 0.25) is 0 Å². The van der Waals surface area contributed by atoms with Crippen LogP contribution in [0.4, 0.5) is 0 Å². The third-order valence-corrected chi connectivity index (χ3v) is 3.69. The van der Waals surface area contributed by atoms with Gasteiger partial charge in [-0.2, -0.15) is 5.26 Å². The van der Waals surface area contributed by atoms with Crippen LogP contribution in [0.5, 0.6) is 0 Å². The molecule has 0 saturated carbocycles. The molecule has 0 radical (unpaired) electrons. The van der Waals surface area contributed by atoms with E-state index in [0.29, 0.717) is 0 Å². The molecule has 0 N–H and O–H groups in total. The second-order valence-electron chi connectivity index (χ2n) is 4.16. The Morgan fingerprint density at radius 2 is 1.39 bits per heavy atom. The van der Waals surface area contributed by atoms with Crippen molar-refractivity contribution in [2.75, 3.05) is 6.26 Å². The lowest BCUT2D eigenvalue weighted by molar-refractivity contribution is 0.957. The molecule has 0 saturated heterocycles. The number of hydrogen-bond acceptors (Lipinski definition) is 2. The van der Waals surface area contributed by atoms with Crippen LogP contribution in [0.3, 0.4) is 0 Å². The number of rotatable bonds is 4. The van der Waals surface area contributed by atoms with Crippen LogP contribution in [-0.2, 0) is 12.8 Å². The summed E-state index contributed by atoms with van der Waals surface area (Å²) < 4.78 is 0. The predicted octanol–water partition coefficient (Wildman–Crippen LogP) is 4.07. The molecule has 0 atom stereocenters. The van der Waals surface area contributed by atoms with Crippen molar-refractivity contribution < 1.29 is 0 Å². The fraction of sp³-hybridized carbons (Fsp3) is 0.188. The summed E-state index contributed by atoms with van der Waals surface area (Å²) in [6.45, 7) is 0. The van der Waals surface area contributed by atoms with Gasteiger partial charge in [0.15, 0.2) is 0 Å². The fourth-order valence-electron chi connectivity index (χ4n) is 1.83. The highest BCUT2D eigenvalue weighted by molar-refractivity contribution is 7.98. The second-order valence-corrected chi connectivity index (χ2v) is 5.04. The molecule has 0 aliphatic carbocycles. The van der Waals surface area contributed by atoms with E-state index in [0.717, 1.165) is 18.4 Å². The van der Waals surface area contributed by atoms with Gasteiger partial charge in [-0.1, -0.05) is 24.3 Å². The van der Waals surface area contributed by atoms with Crippen molar-refractivity contribution in [3.8, 4) is 6.07 Å². The SMILES string of the molecule is CSc1ccc(CCc2ccc(C#N)cc2)cc1. The zero-order valence-electron chi connectivity index (χ0n) is 10.4. The van der Waals surface area contributed by atoms with Crippen LogP contribution >= 0.6 is 11.8 Å². The van der Waals surface area contributed by atoms with E-state index in [-0.39, 0.29) is 0 Å². The Kier molecular flexibility index (Phi) is 4.44. The molecule has 0 fully saturated rings.